The highest BCUT2D eigenvalue weighted by Crippen LogP contribution is 2.28. The predicted molar refractivity (Wildman–Crippen MR) is 45.9 cm³/mol. The lowest BCUT2D eigenvalue weighted by Crippen LogP contribution is -2.24. The molecule has 2 fully saturated rings. The van der Waals surface area contributed by atoms with E-state index in [0.29, 0.717) is 6.04 Å². The van der Waals surface area contributed by atoms with Gasteiger partial charge >= 0.3 is 0 Å². The maximum absolute atomic E-state index is 8.93. The first-order chi connectivity index (χ1) is 5.90. The maximum atomic E-state index is 8.93. The van der Waals surface area contributed by atoms with Gasteiger partial charge in [0.05, 0.1) is 6.61 Å². The summed E-state index contributed by atoms with van der Waals surface area (Å²) in [7, 11) is 0. The highest BCUT2D eigenvalue weighted by Gasteiger charge is 2.31. The Balaban J connectivity index is 1.81. The average Bonchev–Trinajstić information content (AvgIpc) is 2.75. The molecular weight excluding hydrogens is 154 g/mol. The van der Waals surface area contributed by atoms with Crippen LogP contribution in [0.15, 0.2) is 0 Å². The van der Waals surface area contributed by atoms with Gasteiger partial charge in [-0.1, -0.05) is 0 Å². The van der Waals surface area contributed by atoms with Crippen molar-refractivity contribution in [1.29, 1.82) is 0 Å². The number of aliphatic hydroxyl groups is 1. The number of hydrogen-bond acceptors (Lipinski definition) is 3. The summed E-state index contributed by atoms with van der Waals surface area (Å²) in [6.45, 7) is 3.22. The lowest BCUT2D eigenvalue weighted by atomic mass is 9.90. The normalized spacial score (nSPS) is 42.2. The Morgan fingerprint density at radius 1 is 1.42 bits per heavy atom. The molecule has 2 aliphatic rings. The Labute approximate surface area is 73.1 Å². The molecule has 3 atom stereocenters. The fourth-order valence-corrected chi connectivity index (χ4v) is 2.27. The Kier molecular flexibility index (Phi) is 2.63. The zero-order chi connectivity index (χ0) is 8.39. The highest BCUT2D eigenvalue weighted by molar-refractivity contribution is 4.86. The molecule has 0 amide bonds. The van der Waals surface area contributed by atoms with Crippen molar-refractivity contribution in [1.82, 2.24) is 5.32 Å². The minimum Gasteiger partial charge on any atom is -0.395 e. The SMILES string of the molecule is OCC1CC(C2CCOC2)CN1. The van der Waals surface area contributed by atoms with Crippen LogP contribution in [0, 0.1) is 11.8 Å². The van der Waals surface area contributed by atoms with Crippen LogP contribution in [0.2, 0.25) is 0 Å². The summed E-state index contributed by atoms with van der Waals surface area (Å²) in [6.07, 6.45) is 2.34. The van der Waals surface area contributed by atoms with Gasteiger partial charge in [0.2, 0.25) is 0 Å². The Morgan fingerprint density at radius 3 is 2.92 bits per heavy atom. The monoisotopic (exact) mass is 171 g/mol. The van der Waals surface area contributed by atoms with Gasteiger partial charge in [-0.05, 0) is 31.2 Å². The number of hydrogen-bond donors (Lipinski definition) is 2. The zero-order valence-corrected chi connectivity index (χ0v) is 7.33. The predicted octanol–water partition coefficient (Wildman–Crippen LogP) is -0.00670. The summed E-state index contributed by atoms with van der Waals surface area (Å²) in [5, 5.41) is 12.3. The summed E-state index contributed by atoms with van der Waals surface area (Å²) in [5.74, 6) is 1.48. The van der Waals surface area contributed by atoms with E-state index in [1.165, 1.54) is 6.42 Å². The van der Waals surface area contributed by atoms with Gasteiger partial charge in [-0.3, -0.25) is 0 Å². The summed E-state index contributed by atoms with van der Waals surface area (Å²) in [4.78, 5) is 0. The van der Waals surface area contributed by atoms with E-state index in [0.717, 1.165) is 38.0 Å². The topological polar surface area (TPSA) is 41.5 Å². The van der Waals surface area contributed by atoms with Crippen molar-refractivity contribution in [3.63, 3.8) is 0 Å². The van der Waals surface area contributed by atoms with Crippen LogP contribution >= 0.6 is 0 Å². The van der Waals surface area contributed by atoms with Gasteiger partial charge in [-0.25, -0.2) is 0 Å². The zero-order valence-electron chi connectivity index (χ0n) is 7.33. The van der Waals surface area contributed by atoms with Crippen LogP contribution in [0.5, 0.6) is 0 Å². The van der Waals surface area contributed by atoms with Crippen LogP contribution in [-0.4, -0.2) is 37.5 Å². The van der Waals surface area contributed by atoms with Crippen molar-refractivity contribution in [3.8, 4) is 0 Å². The third kappa shape index (κ3) is 1.63. The van der Waals surface area contributed by atoms with Crippen LogP contribution in [0.4, 0.5) is 0 Å². The Bertz CT molecular complexity index is 145. The summed E-state index contributed by atoms with van der Waals surface area (Å²) in [5.41, 5.74) is 0. The van der Waals surface area contributed by atoms with Crippen LogP contribution < -0.4 is 5.32 Å². The van der Waals surface area contributed by atoms with Gasteiger partial charge in [0, 0.05) is 19.3 Å². The molecule has 2 heterocycles. The molecule has 2 rings (SSSR count). The highest BCUT2D eigenvalue weighted by atomic mass is 16.5. The van der Waals surface area contributed by atoms with Crippen molar-refractivity contribution < 1.29 is 9.84 Å². The minimum atomic E-state index is 0.282. The second-order valence-electron chi connectivity index (χ2n) is 3.91. The standard InChI is InChI=1S/C9H17NO2/c11-5-9-3-8(4-10-9)7-1-2-12-6-7/h7-11H,1-6H2. The van der Waals surface area contributed by atoms with E-state index in [1.807, 2.05) is 0 Å². The lowest BCUT2D eigenvalue weighted by molar-refractivity contribution is 0.173. The molecule has 2 aliphatic heterocycles. The van der Waals surface area contributed by atoms with Crippen LogP contribution in [0.25, 0.3) is 0 Å². The van der Waals surface area contributed by atoms with Crippen molar-refractivity contribution >= 4 is 0 Å². The third-order valence-corrected chi connectivity index (χ3v) is 3.11. The molecule has 2 N–H and O–H groups in total. The molecule has 0 bridgehead atoms. The molecule has 2 saturated heterocycles. The Hall–Kier alpha value is -0.120. The first kappa shape index (κ1) is 8.48. The third-order valence-electron chi connectivity index (χ3n) is 3.11. The van der Waals surface area contributed by atoms with Gasteiger partial charge in [-0.15, -0.1) is 0 Å². The molecule has 3 unspecified atom stereocenters. The molecule has 0 saturated carbocycles. The molecule has 12 heavy (non-hydrogen) atoms. The first-order valence-corrected chi connectivity index (χ1v) is 4.82. The molecule has 0 radical (unpaired) electrons. The van der Waals surface area contributed by atoms with Gasteiger partial charge in [0.25, 0.3) is 0 Å². The summed E-state index contributed by atoms with van der Waals surface area (Å²) >= 11 is 0. The molecule has 3 heteroatoms. The second kappa shape index (κ2) is 3.73. The summed E-state index contributed by atoms with van der Waals surface area (Å²) in [6, 6.07) is 0.343. The molecule has 0 aromatic rings. The van der Waals surface area contributed by atoms with Crippen LogP contribution in [-0.2, 0) is 4.74 Å². The van der Waals surface area contributed by atoms with Gasteiger partial charge in [0.15, 0.2) is 0 Å². The summed E-state index contributed by atoms with van der Waals surface area (Å²) < 4.78 is 5.35. The van der Waals surface area contributed by atoms with E-state index in [1.54, 1.807) is 0 Å². The van der Waals surface area contributed by atoms with Gasteiger partial charge in [-0.2, -0.15) is 0 Å². The number of aliphatic hydroxyl groups excluding tert-OH is 1. The fraction of sp³-hybridized carbons (Fsp3) is 1.00. The molecule has 70 valence electrons. The van der Waals surface area contributed by atoms with E-state index in [2.05, 4.69) is 5.32 Å². The van der Waals surface area contributed by atoms with Crippen molar-refractivity contribution in [2.45, 2.75) is 18.9 Å². The van der Waals surface area contributed by atoms with E-state index in [-0.39, 0.29) is 6.61 Å². The Morgan fingerprint density at radius 2 is 2.33 bits per heavy atom. The van der Waals surface area contributed by atoms with Gasteiger partial charge < -0.3 is 15.2 Å². The van der Waals surface area contributed by atoms with E-state index >= 15 is 0 Å². The molecule has 0 aromatic heterocycles. The smallest absolute Gasteiger partial charge is 0.0584 e. The van der Waals surface area contributed by atoms with Crippen molar-refractivity contribution in [2.75, 3.05) is 26.4 Å². The van der Waals surface area contributed by atoms with Crippen LogP contribution in [0.3, 0.4) is 0 Å². The largest absolute Gasteiger partial charge is 0.395 e. The molecule has 3 nitrogen and oxygen atoms in total. The van der Waals surface area contributed by atoms with Crippen molar-refractivity contribution in [2.24, 2.45) is 11.8 Å². The molecule has 0 spiro atoms. The van der Waals surface area contributed by atoms with Crippen molar-refractivity contribution in [3.05, 3.63) is 0 Å². The van der Waals surface area contributed by atoms with Gasteiger partial charge in [0.1, 0.15) is 0 Å². The maximum Gasteiger partial charge on any atom is 0.0584 e. The average molecular weight is 171 g/mol. The lowest BCUT2D eigenvalue weighted by Gasteiger charge is -2.14. The second-order valence-corrected chi connectivity index (χ2v) is 3.91. The molecule has 0 aliphatic carbocycles. The number of ether oxygens (including phenoxy) is 1. The number of rotatable bonds is 2. The quantitative estimate of drug-likeness (QED) is 0.614. The molecule has 0 aromatic carbocycles. The number of nitrogens with one attached hydrogen (secondary N) is 1. The van der Waals surface area contributed by atoms with E-state index in [9.17, 15) is 0 Å². The fourth-order valence-electron chi connectivity index (χ4n) is 2.27. The van der Waals surface area contributed by atoms with E-state index < -0.39 is 0 Å². The minimum absolute atomic E-state index is 0.282. The van der Waals surface area contributed by atoms with E-state index in [4.69, 9.17) is 9.84 Å². The molecular formula is C9H17NO2. The van der Waals surface area contributed by atoms with Crippen LogP contribution in [0.1, 0.15) is 12.8 Å². The first-order valence-electron chi connectivity index (χ1n) is 4.82.